The van der Waals surface area contributed by atoms with Crippen LogP contribution < -0.4 is 10.6 Å². The van der Waals surface area contributed by atoms with Gasteiger partial charge >= 0.3 is 6.03 Å². The van der Waals surface area contributed by atoms with E-state index in [4.69, 9.17) is 0 Å². The van der Waals surface area contributed by atoms with Crippen LogP contribution in [0.4, 0.5) is 10.5 Å². The second-order valence-corrected chi connectivity index (χ2v) is 8.29. The van der Waals surface area contributed by atoms with Gasteiger partial charge in [0.1, 0.15) is 0 Å². The third-order valence-corrected chi connectivity index (χ3v) is 5.36. The molecule has 8 heteroatoms. The highest BCUT2D eigenvalue weighted by atomic mass is 32.1. The summed E-state index contributed by atoms with van der Waals surface area (Å²) < 4.78 is 0. The molecule has 1 aliphatic heterocycles. The van der Waals surface area contributed by atoms with Crippen molar-refractivity contribution in [3.63, 3.8) is 0 Å². The van der Waals surface area contributed by atoms with Gasteiger partial charge in [-0.15, -0.1) is 11.3 Å². The van der Waals surface area contributed by atoms with Gasteiger partial charge in [0.15, 0.2) is 0 Å². The van der Waals surface area contributed by atoms with E-state index in [2.05, 4.69) is 25.9 Å². The zero-order valence-electron chi connectivity index (χ0n) is 16.6. The minimum absolute atomic E-state index is 0.0254. The lowest BCUT2D eigenvalue weighted by Crippen LogP contribution is -2.48. The molecular formula is C20H27N5O2S. The van der Waals surface area contributed by atoms with E-state index in [0.717, 1.165) is 30.3 Å². The molecule has 0 spiro atoms. The van der Waals surface area contributed by atoms with E-state index in [0.29, 0.717) is 24.3 Å². The van der Waals surface area contributed by atoms with Crippen LogP contribution in [0.1, 0.15) is 34.9 Å². The second kappa shape index (κ2) is 9.16. The van der Waals surface area contributed by atoms with Gasteiger partial charge in [-0.3, -0.25) is 9.69 Å². The van der Waals surface area contributed by atoms with Gasteiger partial charge in [0, 0.05) is 44.1 Å². The zero-order chi connectivity index (χ0) is 20.1. The van der Waals surface area contributed by atoms with E-state index in [1.165, 1.54) is 0 Å². The Morgan fingerprint density at radius 2 is 1.89 bits per heavy atom. The monoisotopic (exact) mass is 401 g/mol. The van der Waals surface area contributed by atoms with Crippen LogP contribution in [0.2, 0.25) is 0 Å². The fraction of sp³-hybridized carbons (Fsp3) is 0.450. The number of carbonyl (C=O) groups is 2. The largest absolute Gasteiger partial charge is 0.336 e. The molecule has 2 N–H and O–H groups in total. The van der Waals surface area contributed by atoms with Crippen molar-refractivity contribution < 1.29 is 9.59 Å². The number of para-hydroxylation sites is 1. The molecule has 1 fully saturated rings. The Labute approximate surface area is 169 Å². The Kier molecular flexibility index (Phi) is 6.64. The van der Waals surface area contributed by atoms with E-state index in [1.54, 1.807) is 23.5 Å². The predicted octanol–water partition coefficient (Wildman–Crippen LogP) is 2.94. The summed E-state index contributed by atoms with van der Waals surface area (Å²) in [6.07, 6.45) is 0. The Morgan fingerprint density at radius 1 is 1.18 bits per heavy atom. The summed E-state index contributed by atoms with van der Waals surface area (Å²) >= 11 is 1.66. The molecule has 0 bridgehead atoms. The highest BCUT2D eigenvalue weighted by molar-refractivity contribution is 7.09. The van der Waals surface area contributed by atoms with Crippen molar-refractivity contribution >= 4 is 29.0 Å². The number of benzene rings is 1. The lowest BCUT2D eigenvalue weighted by Gasteiger charge is -2.34. The second-order valence-electron chi connectivity index (χ2n) is 7.22. The number of piperazine rings is 1. The third-order valence-electron chi connectivity index (χ3n) is 4.54. The molecule has 150 valence electrons. The van der Waals surface area contributed by atoms with E-state index in [-0.39, 0.29) is 18.0 Å². The number of aryl methyl sites for hydroxylation is 1. The lowest BCUT2D eigenvalue weighted by molar-refractivity contribution is 0.0628. The van der Waals surface area contributed by atoms with Crippen LogP contribution in [0.3, 0.4) is 0 Å². The fourth-order valence-corrected chi connectivity index (χ4v) is 3.79. The molecule has 0 saturated carbocycles. The summed E-state index contributed by atoms with van der Waals surface area (Å²) in [5.41, 5.74) is 2.14. The molecule has 0 unspecified atom stereocenters. The van der Waals surface area contributed by atoms with Crippen LogP contribution in [-0.4, -0.2) is 58.9 Å². The number of amides is 3. The van der Waals surface area contributed by atoms with Gasteiger partial charge in [-0.2, -0.15) is 0 Å². The summed E-state index contributed by atoms with van der Waals surface area (Å²) in [4.78, 5) is 33.7. The molecule has 2 aromatic rings. The summed E-state index contributed by atoms with van der Waals surface area (Å²) in [5.74, 6) is -0.0513. The molecule has 1 saturated heterocycles. The van der Waals surface area contributed by atoms with E-state index in [1.807, 2.05) is 37.8 Å². The van der Waals surface area contributed by atoms with Crippen molar-refractivity contribution in [1.29, 1.82) is 0 Å². The first kappa shape index (κ1) is 20.3. The summed E-state index contributed by atoms with van der Waals surface area (Å²) in [5, 5.41) is 8.74. The van der Waals surface area contributed by atoms with Crippen LogP contribution in [0.25, 0.3) is 0 Å². The average Bonchev–Trinajstić information content (AvgIpc) is 3.06. The van der Waals surface area contributed by atoms with Crippen LogP contribution >= 0.6 is 11.3 Å². The third kappa shape index (κ3) is 5.30. The minimum atomic E-state index is -0.307. The summed E-state index contributed by atoms with van der Waals surface area (Å²) in [6, 6.07) is 6.87. The quantitative estimate of drug-likeness (QED) is 0.808. The number of hydrogen-bond donors (Lipinski definition) is 2. The average molecular weight is 402 g/mol. The molecular weight excluding hydrogens is 374 g/mol. The van der Waals surface area contributed by atoms with E-state index >= 15 is 0 Å². The van der Waals surface area contributed by atoms with Gasteiger partial charge < -0.3 is 15.5 Å². The smallest absolute Gasteiger partial charge is 0.319 e. The standard InChI is InChI=1S/C20H27N5O2S/c1-14(2)21-20(27)23-18-7-5-4-6-17(18)19(26)25-10-8-24(9-11-25)12-16-13-28-15(3)22-16/h4-7,13-14H,8-12H2,1-3H3,(H2,21,23,27). The van der Waals surface area contributed by atoms with Crippen LogP contribution in [0.5, 0.6) is 0 Å². The Bertz CT molecular complexity index is 828. The maximum Gasteiger partial charge on any atom is 0.319 e. The van der Waals surface area contributed by atoms with Gasteiger partial charge in [-0.05, 0) is 32.9 Å². The molecule has 7 nitrogen and oxygen atoms in total. The number of urea groups is 1. The van der Waals surface area contributed by atoms with Gasteiger partial charge in [0.2, 0.25) is 0 Å². The molecule has 1 aromatic heterocycles. The maximum absolute atomic E-state index is 13.0. The first-order valence-corrected chi connectivity index (χ1v) is 10.4. The van der Waals surface area contributed by atoms with Gasteiger partial charge in [-0.25, -0.2) is 9.78 Å². The molecule has 3 rings (SSSR count). The number of carbonyl (C=O) groups excluding carboxylic acids is 2. The molecule has 0 radical (unpaired) electrons. The Hall–Kier alpha value is -2.45. The highest BCUT2D eigenvalue weighted by Gasteiger charge is 2.24. The maximum atomic E-state index is 13.0. The molecule has 3 amide bonds. The normalized spacial score (nSPS) is 14.9. The van der Waals surface area contributed by atoms with Crippen LogP contribution in [-0.2, 0) is 6.54 Å². The number of thiazole rings is 1. The van der Waals surface area contributed by atoms with Crippen molar-refractivity contribution in [1.82, 2.24) is 20.1 Å². The molecule has 0 atom stereocenters. The molecule has 0 aliphatic carbocycles. The Balaban J connectivity index is 1.60. The number of anilines is 1. The Morgan fingerprint density at radius 3 is 2.54 bits per heavy atom. The number of aromatic nitrogens is 1. The van der Waals surface area contributed by atoms with Crippen LogP contribution in [0.15, 0.2) is 29.6 Å². The van der Waals surface area contributed by atoms with Crippen molar-refractivity contribution in [2.45, 2.75) is 33.4 Å². The molecule has 1 aromatic carbocycles. The van der Waals surface area contributed by atoms with Gasteiger partial charge in [0.05, 0.1) is 22.0 Å². The number of rotatable bonds is 5. The number of hydrogen-bond acceptors (Lipinski definition) is 5. The SMILES string of the molecule is Cc1nc(CN2CCN(C(=O)c3ccccc3NC(=O)NC(C)C)CC2)cs1. The molecule has 2 heterocycles. The summed E-state index contributed by atoms with van der Waals surface area (Å²) in [7, 11) is 0. The number of nitrogens with zero attached hydrogens (tertiary/aromatic N) is 3. The van der Waals surface area contributed by atoms with Crippen molar-refractivity contribution in [2.75, 3.05) is 31.5 Å². The first-order valence-electron chi connectivity index (χ1n) is 9.51. The fourth-order valence-electron chi connectivity index (χ4n) is 3.19. The molecule has 1 aliphatic rings. The van der Waals surface area contributed by atoms with Crippen LogP contribution in [0, 0.1) is 6.92 Å². The van der Waals surface area contributed by atoms with E-state index in [9.17, 15) is 9.59 Å². The summed E-state index contributed by atoms with van der Waals surface area (Å²) in [6.45, 7) is 9.56. The van der Waals surface area contributed by atoms with Gasteiger partial charge in [0.25, 0.3) is 5.91 Å². The van der Waals surface area contributed by atoms with E-state index < -0.39 is 0 Å². The van der Waals surface area contributed by atoms with Crippen molar-refractivity contribution in [3.8, 4) is 0 Å². The topological polar surface area (TPSA) is 77.6 Å². The van der Waals surface area contributed by atoms with Crippen molar-refractivity contribution in [2.24, 2.45) is 0 Å². The lowest BCUT2D eigenvalue weighted by atomic mass is 10.1. The van der Waals surface area contributed by atoms with Crippen molar-refractivity contribution in [3.05, 3.63) is 45.9 Å². The zero-order valence-corrected chi connectivity index (χ0v) is 17.4. The predicted molar refractivity (Wildman–Crippen MR) is 112 cm³/mol. The highest BCUT2D eigenvalue weighted by Crippen LogP contribution is 2.19. The molecule has 28 heavy (non-hydrogen) atoms. The minimum Gasteiger partial charge on any atom is -0.336 e. The number of nitrogens with one attached hydrogen (secondary N) is 2. The first-order chi connectivity index (χ1) is 13.4. The van der Waals surface area contributed by atoms with Gasteiger partial charge in [-0.1, -0.05) is 12.1 Å².